The third-order valence-electron chi connectivity index (χ3n) is 5.74. The number of aliphatic hydroxyl groups is 1. The second-order valence-electron chi connectivity index (χ2n) is 8.13. The Morgan fingerprint density at radius 2 is 1.97 bits per heavy atom. The molecule has 1 atom stereocenters. The van der Waals surface area contributed by atoms with Gasteiger partial charge in [0.05, 0.1) is 13.2 Å². The number of nitrogens with zero attached hydrogens (tertiary/aromatic N) is 4. The molecule has 1 unspecified atom stereocenters. The van der Waals surface area contributed by atoms with E-state index >= 15 is 0 Å². The predicted molar refractivity (Wildman–Crippen MR) is 125 cm³/mol. The molecule has 1 saturated heterocycles. The minimum Gasteiger partial charge on any atom is -0.491 e. The largest absolute Gasteiger partial charge is 0.491 e. The zero-order chi connectivity index (χ0) is 22.2. The molecule has 1 aliphatic rings. The maximum absolute atomic E-state index is 10.4. The van der Waals surface area contributed by atoms with Crippen molar-refractivity contribution in [3.63, 3.8) is 0 Å². The van der Waals surface area contributed by atoms with Gasteiger partial charge in [0, 0.05) is 38.5 Å². The maximum Gasteiger partial charge on any atom is 0.205 e. The van der Waals surface area contributed by atoms with Crippen LogP contribution in [0, 0.1) is 0 Å². The van der Waals surface area contributed by atoms with Gasteiger partial charge in [-0.2, -0.15) is 0 Å². The second kappa shape index (κ2) is 11.3. The summed E-state index contributed by atoms with van der Waals surface area (Å²) in [4.78, 5) is 11.6. The predicted octanol–water partition coefficient (Wildman–Crippen LogP) is 2.78. The van der Waals surface area contributed by atoms with Crippen LogP contribution in [-0.2, 0) is 11.3 Å². The molecule has 1 aliphatic heterocycles. The molecular formula is C24H33N5O3. The van der Waals surface area contributed by atoms with Crippen molar-refractivity contribution in [2.45, 2.75) is 38.5 Å². The Labute approximate surface area is 189 Å². The van der Waals surface area contributed by atoms with E-state index in [0.717, 1.165) is 55.3 Å². The third kappa shape index (κ3) is 5.97. The summed E-state index contributed by atoms with van der Waals surface area (Å²) < 4.78 is 13.3. The number of nitrogens with one attached hydrogen (secondary N) is 1. The van der Waals surface area contributed by atoms with Gasteiger partial charge in [0.2, 0.25) is 5.95 Å². The van der Waals surface area contributed by atoms with Crippen molar-refractivity contribution < 1.29 is 14.6 Å². The lowest BCUT2D eigenvalue weighted by Gasteiger charge is -2.33. The van der Waals surface area contributed by atoms with Gasteiger partial charge in [0.25, 0.3) is 0 Å². The molecule has 4 rings (SSSR count). The lowest BCUT2D eigenvalue weighted by molar-refractivity contribution is 0.0604. The number of β-amino-alcohol motifs (C(OH)–C–C–N with tert-alkyl or cyclic N) is 1. The Bertz CT molecular complexity index is 957. The number of fused-ring (bicyclic) bond motifs is 1. The lowest BCUT2D eigenvalue weighted by Crippen LogP contribution is -2.43. The van der Waals surface area contributed by atoms with Gasteiger partial charge in [0.1, 0.15) is 24.0 Å². The number of aromatic nitrogens is 3. The van der Waals surface area contributed by atoms with Crippen LogP contribution in [0.2, 0.25) is 0 Å². The third-order valence-corrected chi connectivity index (χ3v) is 5.74. The average molecular weight is 440 g/mol. The number of imidazole rings is 1. The monoisotopic (exact) mass is 439 g/mol. The van der Waals surface area contributed by atoms with E-state index in [1.165, 1.54) is 0 Å². The molecule has 3 aromatic rings. The fraction of sp³-hybridized carbons (Fsp3) is 0.500. The van der Waals surface area contributed by atoms with Gasteiger partial charge in [-0.25, -0.2) is 9.97 Å². The summed E-state index contributed by atoms with van der Waals surface area (Å²) >= 11 is 0. The summed E-state index contributed by atoms with van der Waals surface area (Å²) in [6.45, 7) is 6.83. The molecular weight excluding hydrogens is 406 g/mol. The molecule has 3 heterocycles. The van der Waals surface area contributed by atoms with Crippen molar-refractivity contribution in [3.05, 3.63) is 48.7 Å². The van der Waals surface area contributed by atoms with Crippen molar-refractivity contribution in [2.24, 2.45) is 0 Å². The van der Waals surface area contributed by atoms with E-state index in [4.69, 9.17) is 14.5 Å². The lowest BCUT2D eigenvalue weighted by atomic mass is 10.0. The van der Waals surface area contributed by atoms with Crippen molar-refractivity contribution in [2.75, 3.05) is 44.8 Å². The Kier molecular flexibility index (Phi) is 7.92. The first-order valence-electron chi connectivity index (χ1n) is 11.5. The summed E-state index contributed by atoms with van der Waals surface area (Å²) in [5.41, 5.74) is 1.78. The number of para-hydroxylation sites is 1. The van der Waals surface area contributed by atoms with E-state index in [1.807, 2.05) is 49.4 Å². The molecule has 0 aliphatic carbocycles. The van der Waals surface area contributed by atoms with Gasteiger partial charge < -0.3 is 24.8 Å². The van der Waals surface area contributed by atoms with Gasteiger partial charge in [-0.15, -0.1) is 0 Å². The van der Waals surface area contributed by atoms with Crippen LogP contribution in [0.15, 0.2) is 48.7 Å². The van der Waals surface area contributed by atoms with Crippen molar-refractivity contribution in [1.82, 2.24) is 19.4 Å². The van der Waals surface area contributed by atoms with E-state index in [-0.39, 0.29) is 0 Å². The van der Waals surface area contributed by atoms with Gasteiger partial charge in [-0.05, 0) is 44.0 Å². The van der Waals surface area contributed by atoms with Crippen molar-refractivity contribution in [3.8, 4) is 5.75 Å². The van der Waals surface area contributed by atoms with E-state index in [2.05, 4.69) is 19.8 Å². The summed E-state index contributed by atoms with van der Waals surface area (Å²) in [6.07, 6.45) is 3.28. The Balaban J connectivity index is 1.27. The Morgan fingerprint density at radius 3 is 2.75 bits per heavy atom. The minimum absolute atomic E-state index is 0.305. The van der Waals surface area contributed by atoms with Gasteiger partial charge >= 0.3 is 0 Å². The number of anilines is 1. The first-order valence-corrected chi connectivity index (χ1v) is 11.5. The first-order chi connectivity index (χ1) is 15.7. The number of hydrogen-bond donors (Lipinski definition) is 2. The van der Waals surface area contributed by atoms with Crippen LogP contribution in [0.25, 0.3) is 11.2 Å². The zero-order valence-electron chi connectivity index (χ0n) is 18.7. The Hall–Kier alpha value is -2.68. The highest BCUT2D eigenvalue weighted by Gasteiger charge is 2.23. The first kappa shape index (κ1) is 22.5. The number of likely N-dealkylation sites (tertiary alicyclic amines) is 1. The summed E-state index contributed by atoms with van der Waals surface area (Å²) in [5, 5.41) is 14.0. The van der Waals surface area contributed by atoms with E-state index < -0.39 is 6.10 Å². The number of aliphatic hydroxyl groups excluding tert-OH is 1. The number of rotatable bonds is 11. The second-order valence-corrected chi connectivity index (χ2v) is 8.13. The molecule has 1 aromatic carbocycles. The van der Waals surface area contributed by atoms with Crippen LogP contribution in [-0.4, -0.2) is 76.1 Å². The number of piperidine rings is 1. The van der Waals surface area contributed by atoms with Crippen LogP contribution in [0.3, 0.4) is 0 Å². The molecule has 0 saturated carbocycles. The molecule has 0 bridgehead atoms. The molecule has 2 aromatic heterocycles. The molecule has 0 amide bonds. The summed E-state index contributed by atoms with van der Waals surface area (Å²) in [6, 6.07) is 13.9. The SMILES string of the molecule is CCOCCn1c(NC2CCN(CC(O)COc3ccccc3)CC2)nc2cccnc21. The molecule has 8 heteroatoms. The smallest absolute Gasteiger partial charge is 0.205 e. The molecule has 0 radical (unpaired) electrons. The van der Waals surface area contributed by atoms with E-state index in [9.17, 15) is 5.11 Å². The molecule has 2 N–H and O–H groups in total. The fourth-order valence-corrected chi connectivity index (χ4v) is 4.08. The number of pyridine rings is 1. The molecule has 8 nitrogen and oxygen atoms in total. The van der Waals surface area contributed by atoms with Crippen LogP contribution < -0.4 is 10.1 Å². The van der Waals surface area contributed by atoms with E-state index in [0.29, 0.717) is 32.4 Å². The van der Waals surface area contributed by atoms with Gasteiger partial charge in [-0.3, -0.25) is 4.57 Å². The van der Waals surface area contributed by atoms with Crippen molar-refractivity contribution >= 4 is 17.1 Å². The highest BCUT2D eigenvalue weighted by atomic mass is 16.5. The minimum atomic E-state index is -0.506. The standard InChI is InChI=1S/C24H33N5O3/c1-2-31-16-15-29-23-22(9-6-12-25-23)27-24(29)26-19-10-13-28(14-11-19)17-20(30)18-32-21-7-4-3-5-8-21/h3-9,12,19-20,30H,2,10-11,13-18H2,1H3,(H,26,27). The Morgan fingerprint density at radius 1 is 1.16 bits per heavy atom. The van der Waals surface area contributed by atoms with Crippen molar-refractivity contribution in [1.29, 1.82) is 0 Å². The van der Waals surface area contributed by atoms with E-state index in [1.54, 1.807) is 6.20 Å². The normalized spacial score (nSPS) is 16.3. The number of ether oxygens (including phenoxy) is 2. The highest BCUT2D eigenvalue weighted by Crippen LogP contribution is 2.21. The fourth-order valence-electron chi connectivity index (χ4n) is 4.08. The van der Waals surface area contributed by atoms with Gasteiger partial charge in [0.15, 0.2) is 5.65 Å². The van der Waals surface area contributed by atoms with Gasteiger partial charge in [-0.1, -0.05) is 18.2 Å². The molecule has 0 spiro atoms. The molecule has 1 fully saturated rings. The van der Waals surface area contributed by atoms with Crippen LogP contribution in [0.4, 0.5) is 5.95 Å². The average Bonchev–Trinajstić information content (AvgIpc) is 3.17. The van der Waals surface area contributed by atoms with Crippen LogP contribution >= 0.6 is 0 Å². The zero-order valence-corrected chi connectivity index (χ0v) is 18.7. The van der Waals surface area contributed by atoms with Crippen LogP contribution in [0.1, 0.15) is 19.8 Å². The number of benzene rings is 1. The highest BCUT2D eigenvalue weighted by molar-refractivity contribution is 5.74. The topological polar surface area (TPSA) is 84.7 Å². The quantitative estimate of drug-likeness (QED) is 0.445. The summed E-state index contributed by atoms with van der Waals surface area (Å²) in [7, 11) is 0. The summed E-state index contributed by atoms with van der Waals surface area (Å²) in [5.74, 6) is 1.64. The molecule has 172 valence electrons. The van der Waals surface area contributed by atoms with Crippen LogP contribution in [0.5, 0.6) is 5.75 Å². The number of hydrogen-bond acceptors (Lipinski definition) is 7. The maximum atomic E-state index is 10.4. The molecule has 32 heavy (non-hydrogen) atoms.